The molecule has 1 aromatic heterocycles. The first-order valence-electron chi connectivity index (χ1n) is 7.53. The first-order chi connectivity index (χ1) is 10.0. The molecule has 0 spiro atoms. The monoisotopic (exact) mass is 294 g/mol. The van der Waals surface area contributed by atoms with Crippen molar-refractivity contribution in [2.24, 2.45) is 0 Å². The summed E-state index contributed by atoms with van der Waals surface area (Å²) in [5, 5.41) is 0. The third-order valence-corrected chi connectivity index (χ3v) is 3.41. The Labute approximate surface area is 127 Å². The second-order valence-corrected chi connectivity index (χ2v) is 4.83. The summed E-state index contributed by atoms with van der Waals surface area (Å²) >= 11 is 0. The van der Waals surface area contributed by atoms with Gasteiger partial charge in [0.05, 0.1) is 17.9 Å². The van der Waals surface area contributed by atoms with Gasteiger partial charge in [0, 0.05) is 12.6 Å². The molecule has 1 rings (SSSR count). The predicted molar refractivity (Wildman–Crippen MR) is 83.0 cm³/mol. The number of aromatic nitrogens is 1. The van der Waals surface area contributed by atoms with E-state index in [9.17, 15) is 4.79 Å². The zero-order chi connectivity index (χ0) is 15.8. The number of esters is 1. The summed E-state index contributed by atoms with van der Waals surface area (Å²) in [6, 6.07) is 1.79. The minimum Gasteiger partial charge on any atom is -0.476 e. The van der Waals surface area contributed by atoms with Crippen molar-refractivity contribution in [2.75, 3.05) is 32.8 Å². The van der Waals surface area contributed by atoms with Crippen LogP contribution in [0.4, 0.5) is 0 Å². The van der Waals surface area contributed by atoms with Crippen LogP contribution < -0.4 is 4.74 Å². The van der Waals surface area contributed by atoms with E-state index in [0.717, 1.165) is 25.2 Å². The number of pyridine rings is 1. The molecule has 0 aliphatic heterocycles. The summed E-state index contributed by atoms with van der Waals surface area (Å²) in [6.07, 6.45) is 0. The summed E-state index contributed by atoms with van der Waals surface area (Å²) in [5.74, 6) is 0.236. The molecule has 0 amide bonds. The second kappa shape index (κ2) is 8.62. The molecule has 1 heterocycles. The van der Waals surface area contributed by atoms with Crippen LogP contribution in [-0.4, -0.2) is 48.7 Å². The van der Waals surface area contributed by atoms with Crippen LogP contribution in [0.5, 0.6) is 5.88 Å². The molecule has 0 radical (unpaired) electrons. The molecule has 0 N–H and O–H groups in total. The minimum atomic E-state index is -0.324. The summed E-state index contributed by atoms with van der Waals surface area (Å²) < 4.78 is 10.7. The van der Waals surface area contributed by atoms with Crippen molar-refractivity contribution in [1.29, 1.82) is 0 Å². The van der Waals surface area contributed by atoms with E-state index in [1.54, 1.807) is 19.9 Å². The Morgan fingerprint density at radius 1 is 1.24 bits per heavy atom. The Bertz CT molecular complexity index is 448. The van der Waals surface area contributed by atoms with Crippen LogP contribution >= 0.6 is 0 Å². The van der Waals surface area contributed by atoms with E-state index in [-0.39, 0.29) is 5.97 Å². The molecule has 1 aromatic rings. The van der Waals surface area contributed by atoms with Gasteiger partial charge in [0.15, 0.2) is 0 Å². The lowest BCUT2D eigenvalue weighted by Gasteiger charge is -2.18. The van der Waals surface area contributed by atoms with Crippen molar-refractivity contribution in [3.05, 3.63) is 22.9 Å². The molecule has 0 fully saturated rings. The van der Waals surface area contributed by atoms with E-state index in [1.807, 2.05) is 6.92 Å². The van der Waals surface area contributed by atoms with Crippen molar-refractivity contribution >= 4 is 5.97 Å². The van der Waals surface area contributed by atoms with E-state index in [2.05, 4.69) is 23.7 Å². The lowest BCUT2D eigenvalue weighted by Crippen LogP contribution is -2.28. The first kappa shape index (κ1) is 17.4. The van der Waals surface area contributed by atoms with Crippen LogP contribution in [-0.2, 0) is 4.74 Å². The Morgan fingerprint density at radius 3 is 2.43 bits per heavy atom. The van der Waals surface area contributed by atoms with Gasteiger partial charge in [-0.15, -0.1) is 0 Å². The third-order valence-electron chi connectivity index (χ3n) is 3.41. The van der Waals surface area contributed by atoms with Crippen molar-refractivity contribution < 1.29 is 14.3 Å². The normalized spacial score (nSPS) is 10.8. The van der Waals surface area contributed by atoms with Crippen LogP contribution in [0.1, 0.15) is 42.4 Å². The van der Waals surface area contributed by atoms with Gasteiger partial charge in [-0.25, -0.2) is 9.78 Å². The van der Waals surface area contributed by atoms with Gasteiger partial charge in [0.25, 0.3) is 0 Å². The smallest absolute Gasteiger partial charge is 0.340 e. The molecular formula is C16H26N2O3. The van der Waals surface area contributed by atoms with Crippen LogP contribution in [0.2, 0.25) is 0 Å². The Kier molecular flexibility index (Phi) is 7.15. The molecule has 0 bridgehead atoms. The maximum absolute atomic E-state index is 11.9. The standard InChI is InChI=1S/C16H26N2O3/c1-6-18(7-2)9-10-21-14-11-12(4)15(13(5)17-14)16(19)20-8-3/h11H,6-10H2,1-5H3. The van der Waals surface area contributed by atoms with Crippen LogP contribution in [0.25, 0.3) is 0 Å². The van der Waals surface area contributed by atoms with Crippen molar-refractivity contribution in [3.63, 3.8) is 0 Å². The number of rotatable bonds is 8. The molecular weight excluding hydrogens is 268 g/mol. The summed E-state index contributed by atoms with van der Waals surface area (Å²) in [4.78, 5) is 18.5. The van der Waals surface area contributed by atoms with Gasteiger partial charge >= 0.3 is 5.97 Å². The van der Waals surface area contributed by atoms with Gasteiger partial charge in [0.2, 0.25) is 5.88 Å². The summed E-state index contributed by atoms with van der Waals surface area (Å²) in [7, 11) is 0. The zero-order valence-corrected chi connectivity index (χ0v) is 13.7. The average molecular weight is 294 g/mol. The van der Waals surface area contributed by atoms with E-state index in [0.29, 0.717) is 30.4 Å². The number of carbonyl (C=O) groups excluding carboxylic acids is 1. The molecule has 0 unspecified atom stereocenters. The average Bonchev–Trinajstić information content (AvgIpc) is 2.43. The maximum atomic E-state index is 11.9. The lowest BCUT2D eigenvalue weighted by molar-refractivity contribution is 0.0524. The van der Waals surface area contributed by atoms with Gasteiger partial charge in [-0.3, -0.25) is 0 Å². The number of carbonyl (C=O) groups is 1. The number of aryl methyl sites for hydroxylation is 2. The van der Waals surface area contributed by atoms with Crippen LogP contribution in [0.3, 0.4) is 0 Å². The summed E-state index contributed by atoms with van der Waals surface area (Å²) in [5.41, 5.74) is 2.01. The highest BCUT2D eigenvalue weighted by molar-refractivity contribution is 5.92. The van der Waals surface area contributed by atoms with Gasteiger partial charge in [-0.05, 0) is 39.4 Å². The summed E-state index contributed by atoms with van der Waals surface area (Å²) in [6.45, 7) is 13.6. The fourth-order valence-corrected chi connectivity index (χ4v) is 2.20. The van der Waals surface area contributed by atoms with E-state index >= 15 is 0 Å². The van der Waals surface area contributed by atoms with Crippen molar-refractivity contribution in [2.45, 2.75) is 34.6 Å². The molecule has 0 atom stereocenters. The highest BCUT2D eigenvalue weighted by Crippen LogP contribution is 2.19. The molecule has 5 heteroatoms. The molecule has 118 valence electrons. The van der Waals surface area contributed by atoms with Crippen LogP contribution in [0.15, 0.2) is 6.07 Å². The Hall–Kier alpha value is -1.62. The zero-order valence-electron chi connectivity index (χ0n) is 13.7. The molecule has 0 saturated heterocycles. The van der Waals surface area contributed by atoms with E-state index in [4.69, 9.17) is 9.47 Å². The number of hydrogen-bond acceptors (Lipinski definition) is 5. The molecule has 0 aromatic carbocycles. The maximum Gasteiger partial charge on any atom is 0.340 e. The predicted octanol–water partition coefficient (Wildman–Crippen LogP) is 2.60. The fourth-order valence-electron chi connectivity index (χ4n) is 2.20. The quantitative estimate of drug-likeness (QED) is 0.690. The highest BCUT2D eigenvalue weighted by Gasteiger charge is 2.16. The fraction of sp³-hybridized carbons (Fsp3) is 0.625. The largest absolute Gasteiger partial charge is 0.476 e. The van der Waals surface area contributed by atoms with Crippen molar-refractivity contribution in [3.8, 4) is 5.88 Å². The third kappa shape index (κ3) is 5.01. The SMILES string of the molecule is CCOC(=O)c1c(C)cc(OCCN(CC)CC)nc1C. The topological polar surface area (TPSA) is 51.7 Å². The van der Waals surface area contributed by atoms with E-state index < -0.39 is 0 Å². The van der Waals surface area contributed by atoms with Crippen LogP contribution in [0, 0.1) is 13.8 Å². The number of ether oxygens (including phenoxy) is 2. The highest BCUT2D eigenvalue weighted by atomic mass is 16.5. The van der Waals surface area contributed by atoms with Gasteiger partial charge in [-0.1, -0.05) is 13.8 Å². The molecule has 21 heavy (non-hydrogen) atoms. The molecule has 0 aliphatic rings. The Morgan fingerprint density at radius 2 is 1.90 bits per heavy atom. The van der Waals surface area contributed by atoms with Crippen molar-refractivity contribution in [1.82, 2.24) is 9.88 Å². The molecule has 0 aliphatic carbocycles. The number of nitrogens with zero attached hydrogens (tertiary/aromatic N) is 2. The second-order valence-electron chi connectivity index (χ2n) is 4.83. The minimum absolute atomic E-state index is 0.324. The molecule has 0 saturated carbocycles. The lowest BCUT2D eigenvalue weighted by atomic mass is 10.1. The molecule has 5 nitrogen and oxygen atoms in total. The van der Waals surface area contributed by atoms with Gasteiger partial charge in [0.1, 0.15) is 6.61 Å². The first-order valence-corrected chi connectivity index (χ1v) is 7.53. The number of hydrogen-bond donors (Lipinski definition) is 0. The van der Waals surface area contributed by atoms with E-state index in [1.165, 1.54) is 0 Å². The number of likely N-dealkylation sites (N-methyl/N-ethyl adjacent to an activating group) is 1. The van der Waals surface area contributed by atoms with Gasteiger partial charge < -0.3 is 14.4 Å². The van der Waals surface area contributed by atoms with Gasteiger partial charge in [-0.2, -0.15) is 0 Å². The Balaban J connectivity index is 2.72.